The molecule has 3 aromatic carbocycles. The fourth-order valence-electron chi connectivity index (χ4n) is 6.22. The number of aromatic nitrogens is 6. The van der Waals surface area contributed by atoms with Gasteiger partial charge in [0.1, 0.15) is 18.0 Å². The lowest BCUT2D eigenvalue weighted by Crippen LogP contribution is -2.42. The number of amides is 3. The van der Waals surface area contributed by atoms with Crippen molar-refractivity contribution in [3.63, 3.8) is 0 Å². The molecule has 1 fully saturated rings. The van der Waals surface area contributed by atoms with Crippen LogP contribution in [0.5, 0.6) is 5.75 Å². The van der Waals surface area contributed by atoms with E-state index in [0.717, 1.165) is 16.7 Å². The second kappa shape index (κ2) is 15.5. The number of imidazole rings is 1. The van der Waals surface area contributed by atoms with E-state index in [1.54, 1.807) is 31.2 Å². The Morgan fingerprint density at radius 1 is 0.925 bits per heavy atom. The van der Waals surface area contributed by atoms with Gasteiger partial charge in [-0.05, 0) is 35.7 Å². The van der Waals surface area contributed by atoms with Gasteiger partial charge in [-0.15, -0.1) is 0 Å². The van der Waals surface area contributed by atoms with Gasteiger partial charge in [0.2, 0.25) is 0 Å². The first-order valence-corrected chi connectivity index (χ1v) is 17.0. The highest BCUT2D eigenvalue weighted by atomic mass is 16.6. The predicted molar refractivity (Wildman–Crippen MR) is 194 cm³/mol. The lowest BCUT2D eigenvalue weighted by Gasteiger charge is -2.20. The maximum atomic E-state index is 12.7. The van der Waals surface area contributed by atoms with Gasteiger partial charge in [-0.1, -0.05) is 72.8 Å². The van der Waals surface area contributed by atoms with Gasteiger partial charge in [0.05, 0.1) is 24.4 Å². The van der Waals surface area contributed by atoms with Crippen LogP contribution >= 0.6 is 0 Å². The number of benzene rings is 3. The fourth-order valence-corrected chi connectivity index (χ4v) is 6.22. The monoisotopic (exact) mass is 718 g/mol. The zero-order chi connectivity index (χ0) is 36.9. The molecule has 3 aromatic heterocycles. The van der Waals surface area contributed by atoms with Gasteiger partial charge >= 0.3 is 6.03 Å². The van der Waals surface area contributed by atoms with Crippen LogP contribution < -0.4 is 21.3 Å². The number of fused-ring (bicyclic) bond motifs is 1. The van der Waals surface area contributed by atoms with Crippen LogP contribution in [-0.4, -0.2) is 88.0 Å². The van der Waals surface area contributed by atoms with E-state index < -0.39 is 36.5 Å². The summed E-state index contributed by atoms with van der Waals surface area (Å²) < 4.78 is 8.72. The third-order valence-corrected chi connectivity index (χ3v) is 8.82. The van der Waals surface area contributed by atoms with Gasteiger partial charge in [-0.2, -0.15) is 15.1 Å². The number of ether oxygens (including phenoxy) is 1. The number of hydrogen-bond acceptors (Lipinski definition) is 11. The van der Waals surface area contributed by atoms with Gasteiger partial charge in [-0.25, -0.2) is 14.5 Å². The standard InChI is InChI=1S/C37H38N10O6/c1-2-38-34(51)31-29(49)30(50)35(53-31)46-21-41-28-32(39-19-27(23-11-5-3-6-12-23)24-13-7-4-8-14-24)44-36(45-33(28)46)47-20-25(18-42-47)43-37(52)40-17-22-10-9-15-26(48)16-22/h3-16,18,20-21,27,29-31,35,48-50H,2,17,19H2,1H3,(H,38,51)(H,39,44,45)(H2,40,43,52)/t29-,30+,31-,35+/m0/s1. The van der Waals surface area contributed by atoms with Crippen LogP contribution in [0.1, 0.15) is 35.8 Å². The van der Waals surface area contributed by atoms with Crippen molar-refractivity contribution in [2.45, 2.75) is 43.9 Å². The lowest BCUT2D eigenvalue weighted by molar-refractivity contribution is -0.137. The van der Waals surface area contributed by atoms with E-state index in [4.69, 9.17) is 14.7 Å². The predicted octanol–water partition coefficient (Wildman–Crippen LogP) is 3.04. The van der Waals surface area contributed by atoms with Gasteiger partial charge in [0, 0.05) is 25.6 Å². The molecule has 6 aromatic rings. The number of anilines is 2. The number of carbonyl (C=O) groups is 2. The molecular weight excluding hydrogens is 680 g/mol. The molecule has 53 heavy (non-hydrogen) atoms. The number of aromatic hydroxyl groups is 1. The maximum Gasteiger partial charge on any atom is 0.319 e. The van der Waals surface area contributed by atoms with Crippen molar-refractivity contribution in [1.29, 1.82) is 0 Å². The first kappa shape index (κ1) is 35.1. The van der Waals surface area contributed by atoms with Crippen molar-refractivity contribution in [1.82, 2.24) is 39.9 Å². The number of likely N-dealkylation sites (N-methyl/N-ethyl adjacent to an activating group) is 1. The van der Waals surface area contributed by atoms with Crippen LogP contribution in [0, 0.1) is 0 Å². The number of aliphatic hydroxyl groups is 2. The molecular formula is C37H38N10O6. The Morgan fingerprint density at radius 3 is 2.36 bits per heavy atom. The highest BCUT2D eigenvalue weighted by molar-refractivity contribution is 5.89. The maximum absolute atomic E-state index is 12.7. The van der Waals surface area contributed by atoms with Crippen LogP contribution in [-0.2, 0) is 16.1 Å². The molecule has 0 bridgehead atoms. The lowest BCUT2D eigenvalue weighted by atomic mass is 9.91. The van der Waals surface area contributed by atoms with Crippen molar-refractivity contribution < 1.29 is 29.6 Å². The molecule has 1 aliphatic heterocycles. The molecule has 272 valence electrons. The molecule has 1 saturated heterocycles. The van der Waals surface area contributed by atoms with Gasteiger partial charge in [-0.3, -0.25) is 9.36 Å². The van der Waals surface area contributed by atoms with Crippen molar-refractivity contribution >= 4 is 34.6 Å². The second-order valence-corrected chi connectivity index (χ2v) is 12.4. The number of aliphatic hydroxyl groups excluding tert-OH is 2. The summed E-state index contributed by atoms with van der Waals surface area (Å²) in [5, 5.41) is 47.4. The molecule has 4 heterocycles. The molecule has 0 radical (unpaired) electrons. The summed E-state index contributed by atoms with van der Waals surface area (Å²) in [5.41, 5.74) is 3.81. The molecule has 0 saturated carbocycles. The van der Waals surface area contributed by atoms with Crippen LogP contribution in [0.4, 0.5) is 16.3 Å². The largest absolute Gasteiger partial charge is 0.508 e. The molecule has 0 unspecified atom stereocenters. The number of nitrogens with zero attached hydrogens (tertiary/aromatic N) is 6. The first-order valence-electron chi connectivity index (χ1n) is 17.0. The topological polar surface area (TPSA) is 214 Å². The number of hydrogen-bond donors (Lipinski definition) is 7. The average Bonchev–Trinajstić information content (AvgIpc) is 3.89. The molecule has 16 nitrogen and oxygen atoms in total. The fraction of sp³-hybridized carbons (Fsp3) is 0.243. The van der Waals surface area contributed by atoms with Crippen LogP contribution in [0.2, 0.25) is 0 Å². The summed E-state index contributed by atoms with van der Waals surface area (Å²) in [6.07, 6.45) is -1.12. The molecule has 0 aliphatic carbocycles. The van der Waals surface area contributed by atoms with Gasteiger partial charge in [0.15, 0.2) is 29.3 Å². The Hall–Kier alpha value is -6.36. The van der Waals surface area contributed by atoms with E-state index >= 15 is 0 Å². The summed E-state index contributed by atoms with van der Waals surface area (Å²) in [4.78, 5) is 39.4. The second-order valence-electron chi connectivity index (χ2n) is 12.4. The highest BCUT2D eigenvalue weighted by Gasteiger charge is 2.47. The van der Waals surface area contributed by atoms with E-state index in [9.17, 15) is 24.9 Å². The smallest absolute Gasteiger partial charge is 0.319 e. The Kier molecular flexibility index (Phi) is 10.2. The average molecular weight is 719 g/mol. The van der Waals surface area contributed by atoms with Crippen LogP contribution in [0.25, 0.3) is 17.1 Å². The van der Waals surface area contributed by atoms with Crippen molar-refractivity contribution in [2.24, 2.45) is 0 Å². The van der Waals surface area contributed by atoms with Crippen molar-refractivity contribution in [3.8, 4) is 11.7 Å². The van der Waals surface area contributed by atoms with Crippen LogP contribution in [0.3, 0.4) is 0 Å². The quantitative estimate of drug-likeness (QED) is 0.0977. The van der Waals surface area contributed by atoms with E-state index in [2.05, 4.69) is 55.6 Å². The Balaban J connectivity index is 1.20. The number of urea groups is 1. The van der Waals surface area contributed by atoms with E-state index in [1.165, 1.54) is 28.0 Å². The molecule has 1 aliphatic rings. The number of phenols is 1. The first-order chi connectivity index (χ1) is 25.8. The molecule has 4 atom stereocenters. The summed E-state index contributed by atoms with van der Waals surface area (Å²) in [6.45, 7) is 2.66. The Morgan fingerprint density at radius 2 is 1.66 bits per heavy atom. The minimum Gasteiger partial charge on any atom is -0.508 e. The Labute approximate surface area is 303 Å². The molecule has 16 heteroatoms. The third-order valence-electron chi connectivity index (χ3n) is 8.82. The van der Waals surface area contributed by atoms with Gasteiger partial charge in [0.25, 0.3) is 11.9 Å². The van der Waals surface area contributed by atoms with E-state index in [1.807, 2.05) is 36.4 Å². The Bertz CT molecular complexity index is 2160. The molecule has 7 rings (SSSR count). The number of phenolic OH excluding ortho intramolecular Hbond substituents is 1. The molecule has 7 N–H and O–H groups in total. The van der Waals surface area contributed by atoms with Crippen molar-refractivity contribution in [2.75, 3.05) is 23.7 Å². The number of nitrogens with one attached hydrogen (secondary N) is 4. The normalized spacial score (nSPS) is 18.3. The third kappa shape index (κ3) is 7.64. The van der Waals surface area contributed by atoms with E-state index in [-0.39, 0.29) is 29.8 Å². The van der Waals surface area contributed by atoms with E-state index in [0.29, 0.717) is 30.1 Å². The highest BCUT2D eigenvalue weighted by Crippen LogP contribution is 2.34. The zero-order valence-corrected chi connectivity index (χ0v) is 28.6. The summed E-state index contributed by atoms with van der Waals surface area (Å²) in [7, 11) is 0. The van der Waals surface area contributed by atoms with Crippen molar-refractivity contribution in [3.05, 3.63) is 120 Å². The summed E-state index contributed by atoms with van der Waals surface area (Å²) in [5.74, 6) is -0.0818. The molecule has 3 amide bonds. The minimum atomic E-state index is -1.50. The summed E-state index contributed by atoms with van der Waals surface area (Å²) >= 11 is 0. The summed E-state index contributed by atoms with van der Waals surface area (Å²) in [6, 6.07) is 26.2. The minimum absolute atomic E-state index is 0.0696. The number of carbonyl (C=O) groups excluding carboxylic acids is 2. The molecule has 0 spiro atoms. The zero-order valence-electron chi connectivity index (χ0n) is 28.6. The van der Waals surface area contributed by atoms with Crippen LogP contribution in [0.15, 0.2) is 104 Å². The van der Waals surface area contributed by atoms with Gasteiger partial charge < -0.3 is 41.3 Å². The SMILES string of the molecule is CCNC(=O)[C@H]1O[C@@H](n2cnc3c(NCC(c4ccccc4)c4ccccc4)nc(-n4cc(NC(=O)NCc5cccc(O)c5)cn4)nc32)[C@H](O)[C@@H]1O. The number of rotatable bonds is 12.